The molecule has 0 aromatic rings. The van der Waals surface area contributed by atoms with Gasteiger partial charge in [-0.05, 0) is 39.3 Å². The van der Waals surface area contributed by atoms with Gasteiger partial charge in [-0.2, -0.15) is 0 Å². The second kappa shape index (κ2) is 5.58. The van der Waals surface area contributed by atoms with Crippen LogP contribution in [0.3, 0.4) is 0 Å². The van der Waals surface area contributed by atoms with Gasteiger partial charge in [0.15, 0.2) is 0 Å². The van der Waals surface area contributed by atoms with Crippen LogP contribution >= 0.6 is 0 Å². The smallest absolute Gasteiger partial charge is 0.00674 e. The second-order valence-corrected chi connectivity index (χ2v) is 4.09. The van der Waals surface area contributed by atoms with Crippen molar-refractivity contribution in [2.75, 3.05) is 13.1 Å². The van der Waals surface area contributed by atoms with E-state index in [9.17, 15) is 0 Å². The number of rotatable bonds is 5. The van der Waals surface area contributed by atoms with Gasteiger partial charge in [0, 0.05) is 6.04 Å². The van der Waals surface area contributed by atoms with Crippen molar-refractivity contribution in [3.63, 3.8) is 0 Å². The Kier molecular flexibility index (Phi) is 4.67. The summed E-state index contributed by atoms with van der Waals surface area (Å²) >= 11 is 0. The summed E-state index contributed by atoms with van der Waals surface area (Å²) in [5, 5.41) is 0. The summed E-state index contributed by atoms with van der Waals surface area (Å²) < 4.78 is 0. The molecule has 1 heterocycles. The highest BCUT2D eigenvalue weighted by Crippen LogP contribution is 2.16. The first-order valence-corrected chi connectivity index (χ1v) is 5.58. The molecule has 0 aliphatic carbocycles. The van der Waals surface area contributed by atoms with Crippen molar-refractivity contribution in [1.29, 1.82) is 0 Å². The number of nitrogens with zero attached hydrogens (tertiary/aromatic N) is 1. The molecule has 1 saturated heterocycles. The second-order valence-electron chi connectivity index (χ2n) is 4.09. The van der Waals surface area contributed by atoms with Crippen molar-refractivity contribution in [3.05, 3.63) is 0 Å². The molecular formula is C11H23N. The van der Waals surface area contributed by atoms with Gasteiger partial charge in [0.2, 0.25) is 0 Å². The molecular weight excluding hydrogens is 146 g/mol. The lowest BCUT2D eigenvalue weighted by molar-refractivity contribution is 0.262. The molecule has 1 nitrogen and oxygen atoms in total. The number of hydrogen-bond acceptors (Lipinski definition) is 1. The summed E-state index contributed by atoms with van der Waals surface area (Å²) in [5.74, 6) is 0. The van der Waals surface area contributed by atoms with Crippen LogP contribution in [-0.2, 0) is 0 Å². The molecule has 1 rings (SSSR count). The molecule has 0 amide bonds. The molecule has 0 aromatic carbocycles. The van der Waals surface area contributed by atoms with Crippen LogP contribution in [0.2, 0.25) is 0 Å². The molecule has 72 valence electrons. The van der Waals surface area contributed by atoms with E-state index >= 15 is 0 Å². The van der Waals surface area contributed by atoms with Gasteiger partial charge in [0.1, 0.15) is 0 Å². The molecule has 12 heavy (non-hydrogen) atoms. The third-order valence-electron chi connectivity index (χ3n) is 2.99. The van der Waals surface area contributed by atoms with Crippen LogP contribution in [0.1, 0.15) is 52.4 Å². The lowest BCUT2D eigenvalue weighted by atomic mass is 10.2. The van der Waals surface area contributed by atoms with Crippen LogP contribution in [0.4, 0.5) is 0 Å². The van der Waals surface area contributed by atoms with Crippen LogP contribution in [0.5, 0.6) is 0 Å². The topological polar surface area (TPSA) is 3.24 Å². The van der Waals surface area contributed by atoms with Crippen molar-refractivity contribution < 1.29 is 0 Å². The lowest BCUT2D eigenvalue weighted by Gasteiger charge is -2.20. The van der Waals surface area contributed by atoms with Crippen LogP contribution in [0.15, 0.2) is 0 Å². The summed E-state index contributed by atoms with van der Waals surface area (Å²) in [6, 6.07) is 0.867. The van der Waals surface area contributed by atoms with Gasteiger partial charge in [0.05, 0.1) is 0 Å². The largest absolute Gasteiger partial charge is 0.301 e. The van der Waals surface area contributed by atoms with Gasteiger partial charge >= 0.3 is 0 Å². The average molecular weight is 169 g/mol. The Bertz CT molecular complexity index is 112. The first-order chi connectivity index (χ1) is 5.84. The fourth-order valence-corrected chi connectivity index (χ4v) is 2.07. The van der Waals surface area contributed by atoms with Gasteiger partial charge in [0.25, 0.3) is 0 Å². The zero-order valence-electron chi connectivity index (χ0n) is 8.68. The van der Waals surface area contributed by atoms with Crippen molar-refractivity contribution in [3.8, 4) is 0 Å². The molecule has 1 unspecified atom stereocenters. The maximum Gasteiger partial charge on any atom is 0.00674 e. The van der Waals surface area contributed by atoms with E-state index in [1.54, 1.807) is 0 Å². The fraction of sp³-hybridized carbons (Fsp3) is 1.00. The molecule has 0 radical (unpaired) electrons. The SMILES string of the molecule is CCCCCCN1CCCC1C. The molecule has 0 spiro atoms. The van der Waals surface area contributed by atoms with E-state index < -0.39 is 0 Å². The Morgan fingerprint density at radius 2 is 2.08 bits per heavy atom. The minimum Gasteiger partial charge on any atom is -0.301 e. The minimum atomic E-state index is 0.867. The summed E-state index contributed by atoms with van der Waals surface area (Å²) in [6.07, 6.45) is 8.47. The highest BCUT2D eigenvalue weighted by molar-refractivity contribution is 4.74. The van der Waals surface area contributed by atoms with E-state index in [0.29, 0.717) is 0 Å². The quantitative estimate of drug-likeness (QED) is 0.572. The zero-order valence-corrected chi connectivity index (χ0v) is 8.68. The van der Waals surface area contributed by atoms with E-state index in [0.717, 1.165) is 6.04 Å². The molecule has 1 aliphatic heterocycles. The Hall–Kier alpha value is -0.0400. The normalized spacial score (nSPS) is 25.0. The molecule has 1 heteroatoms. The highest BCUT2D eigenvalue weighted by Gasteiger charge is 2.18. The van der Waals surface area contributed by atoms with E-state index in [2.05, 4.69) is 18.7 Å². The van der Waals surface area contributed by atoms with Crippen LogP contribution < -0.4 is 0 Å². The van der Waals surface area contributed by atoms with Gasteiger partial charge in [-0.25, -0.2) is 0 Å². The Morgan fingerprint density at radius 3 is 2.67 bits per heavy atom. The molecule has 0 saturated carbocycles. The molecule has 1 atom stereocenters. The fourth-order valence-electron chi connectivity index (χ4n) is 2.07. The van der Waals surface area contributed by atoms with Crippen LogP contribution in [-0.4, -0.2) is 24.0 Å². The number of hydrogen-bond donors (Lipinski definition) is 0. The Morgan fingerprint density at radius 1 is 1.25 bits per heavy atom. The third kappa shape index (κ3) is 3.14. The molecule has 1 fully saturated rings. The van der Waals surface area contributed by atoms with Gasteiger partial charge in [-0.1, -0.05) is 26.2 Å². The summed E-state index contributed by atoms with van der Waals surface area (Å²) in [5.41, 5.74) is 0. The van der Waals surface area contributed by atoms with Crippen molar-refractivity contribution >= 4 is 0 Å². The van der Waals surface area contributed by atoms with Gasteiger partial charge < -0.3 is 4.90 Å². The van der Waals surface area contributed by atoms with Crippen LogP contribution in [0.25, 0.3) is 0 Å². The van der Waals surface area contributed by atoms with Gasteiger partial charge in [-0.15, -0.1) is 0 Å². The maximum absolute atomic E-state index is 2.65. The number of unbranched alkanes of at least 4 members (excludes halogenated alkanes) is 3. The minimum absolute atomic E-state index is 0.867. The van der Waals surface area contributed by atoms with Crippen molar-refractivity contribution in [1.82, 2.24) is 4.90 Å². The summed E-state index contributed by atoms with van der Waals surface area (Å²) in [7, 11) is 0. The van der Waals surface area contributed by atoms with E-state index in [-0.39, 0.29) is 0 Å². The molecule has 1 aliphatic rings. The first-order valence-electron chi connectivity index (χ1n) is 5.58. The van der Waals surface area contributed by atoms with Gasteiger partial charge in [-0.3, -0.25) is 0 Å². The van der Waals surface area contributed by atoms with E-state index in [4.69, 9.17) is 0 Å². The first kappa shape index (κ1) is 10.0. The standard InChI is InChI=1S/C11H23N/c1-3-4-5-6-9-12-10-7-8-11(12)2/h11H,3-10H2,1-2H3. The lowest BCUT2D eigenvalue weighted by Crippen LogP contribution is -2.27. The Labute approximate surface area is 77.1 Å². The van der Waals surface area contributed by atoms with Crippen molar-refractivity contribution in [2.24, 2.45) is 0 Å². The zero-order chi connectivity index (χ0) is 8.81. The molecule has 0 bridgehead atoms. The predicted molar refractivity (Wildman–Crippen MR) is 54.4 cm³/mol. The third-order valence-corrected chi connectivity index (χ3v) is 2.99. The average Bonchev–Trinajstić information content (AvgIpc) is 2.46. The Balaban J connectivity index is 1.98. The number of likely N-dealkylation sites (tertiary alicyclic amines) is 1. The monoisotopic (exact) mass is 169 g/mol. The molecule has 0 N–H and O–H groups in total. The predicted octanol–water partition coefficient (Wildman–Crippen LogP) is 3.05. The van der Waals surface area contributed by atoms with E-state index in [1.807, 2.05) is 0 Å². The van der Waals surface area contributed by atoms with Crippen LogP contribution in [0, 0.1) is 0 Å². The molecule has 0 aromatic heterocycles. The highest BCUT2D eigenvalue weighted by atomic mass is 15.2. The maximum atomic E-state index is 2.65. The summed E-state index contributed by atoms with van der Waals surface area (Å²) in [4.78, 5) is 2.65. The van der Waals surface area contributed by atoms with Crippen molar-refractivity contribution in [2.45, 2.75) is 58.4 Å². The van der Waals surface area contributed by atoms with E-state index in [1.165, 1.54) is 51.6 Å². The summed E-state index contributed by atoms with van der Waals surface area (Å²) in [6.45, 7) is 7.35.